The topological polar surface area (TPSA) is 72.2 Å². The minimum Gasteiger partial charge on any atom is -0.399 e. The first kappa shape index (κ1) is 14.6. The summed E-state index contributed by atoms with van der Waals surface area (Å²) in [7, 11) is -3.37. The van der Waals surface area contributed by atoms with Crippen LogP contribution >= 0.6 is 0 Å². The Bertz CT molecular complexity index is 652. The summed E-state index contributed by atoms with van der Waals surface area (Å²) in [5.74, 6) is -0.0207. The molecule has 106 valence electrons. The summed E-state index contributed by atoms with van der Waals surface area (Å²) in [6.45, 7) is 1.81. The molecule has 0 radical (unpaired) electrons. The zero-order chi connectivity index (χ0) is 14.6. The molecule has 4 nitrogen and oxygen atoms in total. The van der Waals surface area contributed by atoms with Gasteiger partial charge in [-0.2, -0.15) is 0 Å². The Kier molecular flexibility index (Phi) is 4.42. The van der Waals surface area contributed by atoms with E-state index in [2.05, 4.69) is 4.72 Å². The molecule has 2 aromatic rings. The van der Waals surface area contributed by atoms with Gasteiger partial charge in [0, 0.05) is 11.7 Å². The molecule has 0 fully saturated rings. The van der Waals surface area contributed by atoms with Crippen LogP contribution < -0.4 is 10.5 Å². The third-order valence-electron chi connectivity index (χ3n) is 2.99. The lowest BCUT2D eigenvalue weighted by molar-refractivity contribution is 0.566. The van der Waals surface area contributed by atoms with Crippen LogP contribution in [0.1, 0.15) is 24.1 Å². The summed E-state index contributed by atoms with van der Waals surface area (Å²) >= 11 is 0. The molecule has 5 heteroatoms. The average molecular weight is 290 g/mol. The molecule has 2 aromatic carbocycles. The summed E-state index contributed by atoms with van der Waals surface area (Å²) in [5.41, 5.74) is 7.93. The van der Waals surface area contributed by atoms with E-state index < -0.39 is 10.0 Å². The highest BCUT2D eigenvalue weighted by Gasteiger charge is 2.16. The number of hydrogen-bond acceptors (Lipinski definition) is 3. The molecule has 1 atom stereocenters. The number of benzene rings is 2. The second kappa shape index (κ2) is 6.07. The van der Waals surface area contributed by atoms with Crippen LogP contribution in [-0.4, -0.2) is 8.42 Å². The van der Waals surface area contributed by atoms with Gasteiger partial charge in [0.05, 0.1) is 5.75 Å². The molecule has 0 aliphatic carbocycles. The van der Waals surface area contributed by atoms with Gasteiger partial charge < -0.3 is 5.73 Å². The Morgan fingerprint density at radius 1 is 1.05 bits per heavy atom. The van der Waals surface area contributed by atoms with Crippen LogP contribution in [0, 0.1) is 0 Å². The molecule has 0 heterocycles. The molecule has 20 heavy (non-hydrogen) atoms. The van der Waals surface area contributed by atoms with Gasteiger partial charge >= 0.3 is 0 Å². The highest BCUT2D eigenvalue weighted by molar-refractivity contribution is 7.88. The zero-order valence-corrected chi connectivity index (χ0v) is 12.1. The summed E-state index contributed by atoms with van der Waals surface area (Å²) in [6.07, 6.45) is 0. The van der Waals surface area contributed by atoms with Crippen molar-refractivity contribution in [2.24, 2.45) is 0 Å². The van der Waals surface area contributed by atoms with Gasteiger partial charge in [-0.05, 0) is 30.2 Å². The van der Waals surface area contributed by atoms with E-state index in [4.69, 9.17) is 5.73 Å². The Hall–Kier alpha value is -1.85. The molecule has 1 unspecified atom stereocenters. The predicted molar refractivity (Wildman–Crippen MR) is 81.5 cm³/mol. The molecule has 0 saturated carbocycles. The highest BCUT2D eigenvalue weighted by Crippen LogP contribution is 2.16. The van der Waals surface area contributed by atoms with Gasteiger partial charge in [0.15, 0.2) is 0 Å². The summed E-state index contributed by atoms with van der Waals surface area (Å²) in [6, 6.07) is 16.0. The largest absolute Gasteiger partial charge is 0.399 e. The van der Waals surface area contributed by atoms with Crippen LogP contribution in [0.3, 0.4) is 0 Å². The van der Waals surface area contributed by atoms with Crippen LogP contribution in [0.15, 0.2) is 54.6 Å². The summed E-state index contributed by atoms with van der Waals surface area (Å²) < 4.78 is 26.9. The normalized spacial score (nSPS) is 13.1. The van der Waals surface area contributed by atoms with Crippen LogP contribution in [0.25, 0.3) is 0 Å². The van der Waals surface area contributed by atoms with Crippen molar-refractivity contribution in [1.82, 2.24) is 4.72 Å². The maximum atomic E-state index is 12.1. The summed E-state index contributed by atoms with van der Waals surface area (Å²) in [5, 5.41) is 0. The number of nitrogens with one attached hydrogen (secondary N) is 1. The first-order valence-electron chi connectivity index (χ1n) is 6.36. The lowest BCUT2D eigenvalue weighted by Gasteiger charge is -2.15. The Morgan fingerprint density at radius 2 is 1.65 bits per heavy atom. The average Bonchev–Trinajstić information content (AvgIpc) is 2.39. The fraction of sp³-hybridized carbons (Fsp3) is 0.200. The van der Waals surface area contributed by atoms with Crippen molar-refractivity contribution >= 4 is 15.7 Å². The van der Waals surface area contributed by atoms with Gasteiger partial charge in [0.1, 0.15) is 0 Å². The Balaban J connectivity index is 2.06. The SMILES string of the molecule is CC(NS(=O)(=O)Cc1ccccc1)c1ccc(N)cc1. The standard InChI is InChI=1S/C15H18N2O2S/c1-12(14-7-9-15(16)10-8-14)17-20(18,19)11-13-5-3-2-4-6-13/h2-10,12,17H,11,16H2,1H3. The molecule has 2 rings (SSSR count). The smallest absolute Gasteiger partial charge is 0.216 e. The van der Waals surface area contributed by atoms with Crippen molar-refractivity contribution in [3.05, 3.63) is 65.7 Å². The van der Waals surface area contributed by atoms with E-state index in [9.17, 15) is 8.42 Å². The van der Waals surface area contributed by atoms with Crippen molar-refractivity contribution in [2.75, 3.05) is 5.73 Å². The van der Waals surface area contributed by atoms with Gasteiger partial charge in [0.25, 0.3) is 0 Å². The second-order valence-electron chi connectivity index (χ2n) is 4.75. The maximum Gasteiger partial charge on any atom is 0.216 e. The Morgan fingerprint density at radius 3 is 2.25 bits per heavy atom. The Labute approximate surface area is 119 Å². The van der Waals surface area contributed by atoms with Gasteiger partial charge in [0.2, 0.25) is 10.0 Å². The third-order valence-corrected chi connectivity index (χ3v) is 4.42. The minimum absolute atomic E-state index is 0.0207. The van der Waals surface area contributed by atoms with Gasteiger partial charge in [-0.1, -0.05) is 42.5 Å². The molecular weight excluding hydrogens is 272 g/mol. The fourth-order valence-corrected chi connectivity index (χ4v) is 3.35. The summed E-state index contributed by atoms with van der Waals surface area (Å²) in [4.78, 5) is 0. The molecule has 0 aliphatic heterocycles. The zero-order valence-electron chi connectivity index (χ0n) is 11.3. The van der Waals surface area contributed by atoms with E-state index in [1.807, 2.05) is 37.3 Å². The van der Waals surface area contributed by atoms with Crippen LogP contribution in [-0.2, 0) is 15.8 Å². The molecule has 0 aromatic heterocycles. The van der Waals surface area contributed by atoms with Crippen molar-refractivity contribution in [1.29, 1.82) is 0 Å². The van der Waals surface area contributed by atoms with E-state index in [0.29, 0.717) is 5.69 Å². The highest BCUT2D eigenvalue weighted by atomic mass is 32.2. The van der Waals surface area contributed by atoms with Crippen molar-refractivity contribution in [3.8, 4) is 0 Å². The quantitative estimate of drug-likeness (QED) is 0.831. The molecular formula is C15H18N2O2S. The van der Waals surface area contributed by atoms with E-state index in [1.165, 1.54) is 0 Å². The van der Waals surface area contributed by atoms with Crippen LogP contribution in [0.4, 0.5) is 5.69 Å². The molecule has 3 N–H and O–H groups in total. The first-order chi connectivity index (χ1) is 9.46. The van der Waals surface area contributed by atoms with Crippen LogP contribution in [0.5, 0.6) is 0 Å². The fourth-order valence-electron chi connectivity index (χ4n) is 1.96. The molecule has 0 amide bonds. The molecule has 0 aliphatic rings. The number of nitrogen functional groups attached to an aromatic ring is 1. The third kappa shape index (κ3) is 4.08. The minimum atomic E-state index is -3.37. The first-order valence-corrected chi connectivity index (χ1v) is 8.01. The van der Waals surface area contributed by atoms with E-state index in [1.54, 1.807) is 24.3 Å². The van der Waals surface area contributed by atoms with Crippen molar-refractivity contribution in [2.45, 2.75) is 18.7 Å². The molecule has 0 bridgehead atoms. The van der Waals surface area contributed by atoms with E-state index >= 15 is 0 Å². The monoisotopic (exact) mass is 290 g/mol. The molecule has 0 spiro atoms. The van der Waals surface area contributed by atoms with Gasteiger partial charge in [-0.25, -0.2) is 13.1 Å². The van der Waals surface area contributed by atoms with Crippen molar-refractivity contribution in [3.63, 3.8) is 0 Å². The lowest BCUT2D eigenvalue weighted by atomic mass is 10.1. The number of sulfonamides is 1. The second-order valence-corrected chi connectivity index (χ2v) is 6.50. The predicted octanol–water partition coefficient (Wildman–Crippen LogP) is 2.45. The van der Waals surface area contributed by atoms with Gasteiger partial charge in [-0.3, -0.25) is 0 Å². The lowest BCUT2D eigenvalue weighted by Crippen LogP contribution is -2.28. The van der Waals surface area contributed by atoms with Crippen LogP contribution in [0.2, 0.25) is 0 Å². The van der Waals surface area contributed by atoms with Crippen molar-refractivity contribution < 1.29 is 8.42 Å². The number of hydrogen-bond donors (Lipinski definition) is 2. The van der Waals surface area contributed by atoms with E-state index in [-0.39, 0.29) is 11.8 Å². The number of rotatable bonds is 5. The van der Waals surface area contributed by atoms with E-state index in [0.717, 1.165) is 11.1 Å². The molecule has 0 saturated heterocycles. The number of nitrogens with two attached hydrogens (primary N) is 1. The maximum absolute atomic E-state index is 12.1. The number of anilines is 1. The van der Waals surface area contributed by atoms with Gasteiger partial charge in [-0.15, -0.1) is 0 Å².